The minimum Gasteiger partial charge on any atom is -0.480 e. The Labute approximate surface area is 109 Å². The predicted octanol–water partition coefficient (Wildman–Crippen LogP) is 1.14. The quantitative estimate of drug-likeness (QED) is 0.788. The van der Waals surface area contributed by atoms with Gasteiger partial charge >= 0.3 is 5.97 Å². The van der Waals surface area contributed by atoms with Crippen molar-refractivity contribution >= 4 is 15.8 Å². The molecule has 1 unspecified atom stereocenters. The second-order valence-electron chi connectivity index (χ2n) is 4.89. The van der Waals surface area contributed by atoms with Crippen LogP contribution in [0.5, 0.6) is 0 Å². The second-order valence-corrected chi connectivity index (χ2v) is 7.19. The maximum atomic E-state index is 11.7. The number of sulfone groups is 1. The molecule has 0 spiro atoms. The van der Waals surface area contributed by atoms with Crippen molar-refractivity contribution in [2.45, 2.75) is 45.1 Å². The average molecular weight is 277 g/mol. The minimum atomic E-state index is -3.03. The molecule has 5 nitrogen and oxygen atoms in total. The van der Waals surface area contributed by atoms with Gasteiger partial charge in [-0.05, 0) is 25.8 Å². The van der Waals surface area contributed by atoms with E-state index in [2.05, 4.69) is 0 Å². The summed E-state index contributed by atoms with van der Waals surface area (Å²) >= 11 is 0. The van der Waals surface area contributed by atoms with Crippen molar-refractivity contribution in [3.05, 3.63) is 0 Å². The highest BCUT2D eigenvalue weighted by molar-refractivity contribution is 7.91. The molecule has 0 radical (unpaired) electrons. The fourth-order valence-electron chi connectivity index (χ4n) is 2.38. The topological polar surface area (TPSA) is 74.7 Å². The maximum absolute atomic E-state index is 11.7. The molecule has 6 heteroatoms. The van der Waals surface area contributed by atoms with E-state index in [0.29, 0.717) is 25.9 Å². The van der Waals surface area contributed by atoms with Crippen LogP contribution in [-0.2, 0) is 14.6 Å². The van der Waals surface area contributed by atoms with Crippen LogP contribution in [0.4, 0.5) is 0 Å². The van der Waals surface area contributed by atoms with Gasteiger partial charge in [-0.2, -0.15) is 0 Å². The van der Waals surface area contributed by atoms with E-state index in [1.807, 2.05) is 11.8 Å². The van der Waals surface area contributed by atoms with Crippen molar-refractivity contribution in [3.63, 3.8) is 0 Å². The molecule has 0 bridgehead atoms. The molecular weight excluding hydrogens is 254 g/mol. The molecule has 106 valence electrons. The first-order valence-corrected chi connectivity index (χ1v) is 8.45. The van der Waals surface area contributed by atoms with Gasteiger partial charge in [-0.1, -0.05) is 19.8 Å². The summed E-state index contributed by atoms with van der Waals surface area (Å²) in [4.78, 5) is 13.0. The van der Waals surface area contributed by atoms with Gasteiger partial charge in [0.05, 0.1) is 5.75 Å². The van der Waals surface area contributed by atoms with Crippen LogP contribution in [0.2, 0.25) is 0 Å². The van der Waals surface area contributed by atoms with Crippen LogP contribution in [0, 0.1) is 0 Å². The first-order chi connectivity index (χ1) is 8.46. The lowest BCUT2D eigenvalue weighted by Crippen LogP contribution is -2.43. The smallest absolute Gasteiger partial charge is 0.320 e. The Morgan fingerprint density at radius 1 is 1.28 bits per heavy atom. The van der Waals surface area contributed by atoms with Crippen molar-refractivity contribution in [2.24, 2.45) is 0 Å². The molecule has 1 fully saturated rings. The number of hydrogen-bond donors (Lipinski definition) is 1. The fourth-order valence-corrected chi connectivity index (χ4v) is 3.72. The average Bonchev–Trinajstić information content (AvgIpc) is 2.51. The zero-order valence-electron chi connectivity index (χ0n) is 11.0. The number of carbonyl (C=O) groups is 1. The molecule has 1 rings (SSSR count). The van der Waals surface area contributed by atoms with E-state index in [4.69, 9.17) is 0 Å². The molecule has 1 saturated heterocycles. The number of nitrogens with zero attached hydrogens (tertiary/aromatic N) is 1. The Bertz CT molecular complexity index is 366. The summed E-state index contributed by atoms with van der Waals surface area (Å²) in [6, 6.07) is -0.510. The van der Waals surface area contributed by atoms with Gasteiger partial charge in [-0.15, -0.1) is 0 Å². The highest BCUT2D eigenvalue weighted by Gasteiger charge is 2.27. The SMILES string of the molecule is CCCS(=O)(=O)CCN1CCCCCC1C(=O)O. The number of rotatable bonds is 6. The van der Waals surface area contributed by atoms with Crippen LogP contribution >= 0.6 is 0 Å². The Hall–Kier alpha value is -0.620. The predicted molar refractivity (Wildman–Crippen MR) is 70.4 cm³/mol. The van der Waals surface area contributed by atoms with E-state index < -0.39 is 21.8 Å². The molecule has 0 aromatic carbocycles. The molecule has 1 aliphatic heterocycles. The molecule has 1 N–H and O–H groups in total. The minimum absolute atomic E-state index is 0.0740. The van der Waals surface area contributed by atoms with Gasteiger partial charge in [0.2, 0.25) is 0 Å². The second kappa shape index (κ2) is 7.09. The van der Waals surface area contributed by atoms with Crippen LogP contribution in [0.3, 0.4) is 0 Å². The molecule has 0 aliphatic carbocycles. The van der Waals surface area contributed by atoms with Gasteiger partial charge in [0.25, 0.3) is 0 Å². The van der Waals surface area contributed by atoms with E-state index in [0.717, 1.165) is 19.3 Å². The summed E-state index contributed by atoms with van der Waals surface area (Å²) in [5.74, 6) is -0.562. The summed E-state index contributed by atoms with van der Waals surface area (Å²) in [5.41, 5.74) is 0. The molecule has 0 aromatic rings. The monoisotopic (exact) mass is 277 g/mol. The zero-order valence-corrected chi connectivity index (χ0v) is 11.8. The molecular formula is C12H23NO4S. The Morgan fingerprint density at radius 2 is 2.00 bits per heavy atom. The number of carboxylic acid groups (broad SMARTS) is 1. The molecule has 1 aliphatic rings. The van der Waals surface area contributed by atoms with E-state index >= 15 is 0 Å². The number of hydrogen-bond acceptors (Lipinski definition) is 4. The van der Waals surface area contributed by atoms with Crippen molar-refractivity contribution in [3.8, 4) is 0 Å². The third-order valence-electron chi connectivity index (χ3n) is 3.35. The van der Waals surface area contributed by atoms with Crippen molar-refractivity contribution < 1.29 is 18.3 Å². The van der Waals surface area contributed by atoms with Crippen molar-refractivity contribution in [1.82, 2.24) is 4.90 Å². The zero-order chi connectivity index (χ0) is 13.6. The molecule has 0 amide bonds. The highest BCUT2D eigenvalue weighted by atomic mass is 32.2. The van der Waals surface area contributed by atoms with Crippen LogP contribution in [-0.4, -0.2) is 55.0 Å². The first kappa shape index (κ1) is 15.4. The molecule has 0 aromatic heterocycles. The van der Waals surface area contributed by atoms with Gasteiger partial charge in [0, 0.05) is 12.3 Å². The fraction of sp³-hybridized carbons (Fsp3) is 0.917. The summed E-state index contributed by atoms with van der Waals surface area (Å²) < 4.78 is 23.3. The van der Waals surface area contributed by atoms with E-state index in [9.17, 15) is 18.3 Å². The molecule has 1 heterocycles. The number of likely N-dealkylation sites (tertiary alicyclic amines) is 1. The first-order valence-electron chi connectivity index (χ1n) is 6.63. The van der Waals surface area contributed by atoms with Crippen molar-refractivity contribution in [1.29, 1.82) is 0 Å². The highest BCUT2D eigenvalue weighted by Crippen LogP contribution is 2.17. The van der Waals surface area contributed by atoms with Gasteiger partial charge in [-0.3, -0.25) is 9.69 Å². The van der Waals surface area contributed by atoms with Crippen molar-refractivity contribution in [2.75, 3.05) is 24.6 Å². The standard InChI is InChI=1S/C12H23NO4S/c1-2-9-18(16,17)10-8-13-7-5-3-4-6-11(13)12(14)15/h11H,2-10H2,1H3,(H,14,15). The third-order valence-corrected chi connectivity index (χ3v) is 5.19. The number of aliphatic carboxylic acids is 1. The van der Waals surface area contributed by atoms with Crippen LogP contribution in [0.1, 0.15) is 39.0 Å². The Kier molecular flexibility index (Phi) is 6.08. The van der Waals surface area contributed by atoms with E-state index in [1.54, 1.807) is 0 Å². The largest absolute Gasteiger partial charge is 0.480 e. The summed E-state index contributed by atoms with van der Waals surface area (Å²) in [7, 11) is -3.03. The van der Waals surface area contributed by atoms with Gasteiger partial charge in [0.1, 0.15) is 6.04 Å². The summed E-state index contributed by atoms with van der Waals surface area (Å²) in [5, 5.41) is 9.18. The molecule has 18 heavy (non-hydrogen) atoms. The maximum Gasteiger partial charge on any atom is 0.320 e. The normalized spacial score (nSPS) is 22.6. The lowest BCUT2D eigenvalue weighted by Gasteiger charge is -2.26. The summed E-state index contributed by atoms with van der Waals surface area (Å²) in [6.07, 6.45) is 4.14. The van der Waals surface area contributed by atoms with Gasteiger partial charge in [0.15, 0.2) is 9.84 Å². The van der Waals surface area contributed by atoms with Gasteiger partial charge in [-0.25, -0.2) is 8.42 Å². The van der Waals surface area contributed by atoms with Crippen LogP contribution in [0.15, 0.2) is 0 Å². The third kappa shape index (κ3) is 4.94. The Morgan fingerprint density at radius 3 is 2.61 bits per heavy atom. The lowest BCUT2D eigenvalue weighted by atomic mass is 10.1. The lowest BCUT2D eigenvalue weighted by molar-refractivity contribution is -0.143. The van der Waals surface area contributed by atoms with Gasteiger partial charge < -0.3 is 5.11 Å². The summed E-state index contributed by atoms with van der Waals surface area (Å²) in [6.45, 7) is 2.88. The van der Waals surface area contributed by atoms with Crippen LogP contribution < -0.4 is 0 Å². The van der Waals surface area contributed by atoms with Crippen LogP contribution in [0.25, 0.3) is 0 Å². The molecule has 1 atom stereocenters. The number of carboxylic acids is 1. The van der Waals surface area contributed by atoms with E-state index in [-0.39, 0.29) is 11.5 Å². The van der Waals surface area contributed by atoms with E-state index in [1.165, 1.54) is 0 Å². The Balaban J connectivity index is 2.58. The molecule has 0 saturated carbocycles.